The van der Waals surface area contributed by atoms with Gasteiger partial charge in [0.15, 0.2) is 0 Å². The minimum atomic E-state index is -4.50. The normalized spacial score (nSPS) is 21.0. The van der Waals surface area contributed by atoms with Crippen LogP contribution in [0.4, 0.5) is 18.9 Å². The van der Waals surface area contributed by atoms with Crippen molar-refractivity contribution in [1.29, 1.82) is 0 Å². The summed E-state index contributed by atoms with van der Waals surface area (Å²) in [6, 6.07) is 2.18. The zero-order valence-electron chi connectivity index (χ0n) is 9.71. The first-order chi connectivity index (χ1) is 8.95. The van der Waals surface area contributed by atoms with Crippen molar-refractivity contribution in [2.24, 2.45) is 0 Å². The van der Waals surface area contributed by atoms with Crippen LogP contribution in [0, 0.1) is 0 Å². The topological polar surface area (TPSA) is 50.9 Å². The van der Waals surface area contributed by atoms with Gasteiger partial charge in [0.05, 0.1) is 24.3 Å². The third-order valence-electron chi connectivity index (χ3n) is 3.00. The summed E-state index contributed by atoms with van der Waals surface area (Å²) in [5.41, 5.74) is -0.768. The Labute approximate surface area is 106 Å². The number of anilines is 1. The molecule has 102 valence electrons. The van der Waals surface area contributed by atoms with Crippen LogP contribution < -0.4 is 10.1 Å². The molecule has 2 heterocycles. The highest BCUT2D eigenvalue weighted by atomic mass is 19.4. The predicted octanol–water partition coefficient (Wildman–Crippen LogP) is 1.98. The lowest BCUT2D eigenvalue weighted by atomic mass is 10.1. The van der Waals surface area contributed by atoms with Gasteiger partial charge in [0.1, 0.15) is 18.5 Å². The number of amides is 1. The second kappa shape index (κ2) is 4.12. The quantitative estimate of drug-likeness (QED) is 0.857. The molecule has 19 heavy (non-hydrogen) atoms. The van der Waals surface area contributed by atoms with Crippen molar-refractivity contribution in [1.82, 2.24) is 0 Å². The van der Waals surface area contributed by atoms with Crippen LogP contribution in [-0.2, 0) is 22.1 Å². The van der Waals surface area contributed by atoms with Crippen LogP contribution in [0.5, 0.6) is 5.75 Å². The van der Waals surface area contributed by atoms with Gasteiger partial charge in [0, 0.05) is 5.56 Å². The number of halogens is 3. The summed E-state index contributed by atoms with van der Waals surface area (Å²) in [6.07, 6.45) is -4.59. The number of rotatable bonds is 3. The Kier molecular flexibility index (Phi) is 2.67. The van der Waals surface area contributed by atoms with Crippen LogP contribution in [0.15, 0.2) is 12.1 Å². The van der Waals surface area contributed by atoms with E-state index in [0.717, 1.165) is 6.07 Å². The molecular weight excluding hydrogens is 263 g/mol. The molecule has 0 bridgehead atoms. The van der Waals surface area contributed by atoms with E-state index in [1.165, 1.54) is 6.07 Å². The zero-order chi connectivity index (χ0) is 13.6. The molecule has 0 saturated carbocycles. The summed E-state index contributed by atoms with van der Waals surface area (Å²) in [5.74, 6) is -0.156. The van der Waals surface area contributed by atoms with Crippen molar-refractivity contribution in [3.63, 3.8) is 0 Å². The molecule has 2 aliphatic rings. The smallest absolute Gasteiger partial charge is 0.418 e. The number of fused-ring (bicyclic) bond motifs is 1. The van der Waals surface area contributed by atoms with Crippen LogP contribution in [0.3, 0.4) is 0 Å². The van der Waals surface area contributed by atoms with Gasteiger partial charge in [-0.3, -0.25) is 4.79 Å². The predicted molar refractivity (Wildman–Crippen MR) is 59.0 cm³/mol. The SMILES string of the molecule is O=C1Cc2c(OCC3CO3)ccc(C(F)(F)F)c2N1. The molecule has 1 amide bonds. The molecule has 1 atom stereocenters. The van der Waals surface area contributed by atoms with E-state index < -0.39 is 17.6 Å². The van der Waals surface area contributed by atoms with Gasteiger partial charge in [-0.1, -0.05) is 0 Å². The van der Waals surface area contributed by atoms with E-state index in [1.807, 2.05) is 0 Å². The molecule has 1 aromatic rings. The van der Waals surface area contributed by atoms with Gasteiger partial charge in [0.2, 0.25) is 5.91 Å². The zero-order valence-corrected chi connectivity index (χ0v) is 9.71. The molecule has 3 rings (SSSR count). The van der Waals surface area contributed by atoms with Crippen LogP contribution >= 0.6 is 0 Å². The molecule has 4 nitrogen and oxygen atoms in total. The maximum absolute atomic E-state index is 12.8. The van der Waals surface area contributed by atoms with Gasteiger partial charge in [-0.15, -0.1) is 0 Å². The molecule has 1 unspecified atom stereocenters. The van der Waals surface area contributed by atoms with E-state index in [2.05, 4.69) is 5.32 Å². The van der Waals surface area contributed by atoms with Crippen molar-refractivity contribution in [3.8, 4) is 5.75 Å². The Morgan fingerprint density at radius 3 is 2.79 bits per heavy atom. The number of carbonyl (C=O) groups excluding carboxylic acids is 1. The lowest BCUT2D eigenvalue weighted by Crippen LogP contribution is -2.11. The number of carbonyl (C=O) groups is 1. The fourth-order valence-electron chi connectivity index (χ4n) is 2.01. The number of epoxide rings is 1. The highest BCUT2D eigenvalue weighted by Crippen LogP contribution is 2.42. The van der Waals surface area contributed by atoms with Gasteiger partial charge in [-0.25, -0.2) is 0 Å². The van der Waals surface area contributed by atoms with Crippen LogP contribution in [0.25, 0.3) is 0 Å². The van der Waals surface area contributed by atoms with Crippen molar-refractivity contribution < 1.29 is 27.4 Å². The molecule has 1 fully saturated rings. The van der Waals surface area contributed by atoms with Crippen LogP contribution in [-0.4, -0.2) is 25.2 Å². The van der Waals surface area contributed by atoms with Gasteiger partial charge in [0.25, 0.3) is 0 Å². The van der Waals surface area contributed by atoms with Gasteiger partial charge in [-0.05, 0) is 12.1 Å². The second-order valence-corrected chi connectivity index (χ2v) is 4.45. The van der Waals surface area contributed by atoms with Crippen LogP contribution in [0.1, 0.15) is 11.1 Å². The molecule has 0 aliphatic carbocycles. The van der Waals surface area contributed by atoms with Gasteiger partial charge < -0.3 is 14.8 Å². The number of benzene rings is 1. The molecule has 0 spiro atoms. The Morgan fingerprint density at radius 2 is 2.16 bits per heavy atom. The monoisotopic (exact) mass is 273 g/mol. The molecule has 7 heteroatoms. The van der Waals surface area contributed by atoms with Crippen molar-refractivity contribution >= 4 is 11.6 Å². The Balaban J connectivity index is 1.95. The van der Waals surface area contributed by atoms with Crippen molar-refractivity contribution in [2.45, 2.75) is 18.7 Å². The van der Waals surface area contributed by atoms with E-state index in [4.69, 9.17) is 9.47 Å². The molecule has 1 aromatic carbocycles. The lowest BCUT2D eigenvalue weighted by Gasteiger charge is -2.14. The summed E-state index contributed by atoms with van der Waals surface area (Å²) in [7, 11) is 0. The minimum absolute atomic E-state index is 0.00278. The number of hydrogen-bond acceptors (Lipinski definition) is 3. The van der Waals surface area contributed by atoms with Gasteiger partial charge in [-0.2, -0.15) is 13.2 Å². The Morgan fingerprint density at radius 1 is 1.42 bits per heavy atom. The van der Waals surface area contributed by atoms with Crippen molar-refractivity contribution in [3.05, 3.63) is 23.3 Å². The first-order valence-electron chi connectivity index (χ1n) is 5.72. The third kappa shape index (κ3) is 2.37. The van der Waals surface area contributed by atoms with Gasteiger partial charge >= 0.3 is 6.18 Å². The van der Waals surface area contributed by atoms with E-state index >= 15 is 0 Å². The molecule has 1 N–H and O–H groups in total. The maximum atomic E-state index is 12.8. The Bertz CT molecular complexity index is 538. The van der Waals surface area contributed by atoms with Crippen LogP contribution in [0.2, 0.25) is 0 Å². The van der Waals surface area contributed by atoms with Crippen molar-refractivity contribution in [2.75, 3.05) is 18.5 Å². The number of alkyl halides is 3. The van der Waals surface area contributed by atoms with E-state index in [1.54, 1.807) is 0 Å². The summed E-state index contributed by atoms with van der Waals surface area (Å²) in [5, 5.41) is 2.25. The van der Waals surface area contributed by atoms with E-state index in [-0.39, 0.29) is 30.4 Å². The minimum Gasteiger partial charge on any atom is -0.490 e. The van der Waals surface area contributed by atoms with E-state index in [9.17, 15) is 18.0 Å². The second-order valence-electron chi connectivity index (χ2n) is 4.45. The fourth-order valence-corrected chi connectivity index (χ4v) is 2.01. The first-order valence-corrected chi connectivity index (χ1v) is 5.72. The highest BCUT2D eigenvalue weighted by Gasteiger charge is 2.38. The summed E-state index contributed by atoms with van der Waals surface area (Å²) in [4.78, 5) is 11.3. The van der Waals surface area contributed by atoms with E-state index in [0.29, 0.717) is 12.4 Å². The number of hydrogen-bond donors (Lipinski definition) is 1. The lowest BCUT2D eigenvalue weighted by molar-refractivity contribution is -0.136. The third-order valence-corrected chi connectivity index (χ3v) is 3.00. The molecule has 2 aliphatic heterocycles. The average molecular weight is 273 g/mol. The number of nitrogens with one attached hydrogen (secondary N) is 1. The fraction of sp³-hybridized carbons (Fsp3) is 0.417. The summed E-state index contributed by atoms with van der Waals surface area (Å²) < 4.78 is 48.8. The maximum Gasteiger partial charge on any atom is 0.418 e. The molecule has 1 saturated heterocycles. The molecule has 0 aromatic heterocycles. The first kappa shape index (κ1) is 12.3. The largest absolute Gasteiger partial charge is 0.490 e. The Hall–Kier alpha value is -1.76. The number of ether oxygens (including phenoxy) is 2. The highest BCUT2D eigenvalue weighted by molar-refractivity contribution is 6.01. The summed E-state index contributed by atoms with van der Waals surface area (Å²) >= 11 is 0. The standard InChI is InChI=1S/C12H10F3NO3/c13-12(14,15)8-1-2-9(19-5-6-4-18-6)7-3-10(17)16-11(7)8/h1-2,6H,3-5H2,(H,16,17). The molecular formula is C12H10F3NO3. The molecule has 0 radical (unpaired) electrons. The summed E-state index contributed by atoms with van der Waals surface area (Å²) in [6.45, 7) is 0.881. The average Bonchev–Trinajstić information content (AvgIpc) is 3.05.